The number of rotatable bonds is 7. The maximum Gasteiger partial charge on any atom is 0.316 e. The molecule has 0 saturated carbocycles. The molecule has 0 saturated heterocycles. The highest BCUT2D eigenvalue weighted by Gasteiger charge is 2.23. The van der Waals surface area contributed by atoms with E-state index < -0.39 is 11.5 Å². The second-order valence-corrected chi connectivity index (χ2v) is 6.64. The van der Waals surface area contributed by atoms with E-state index in [0.29, 0.717) is 24.1 Å². The largest absolute Gasteiger partial charge is 0.491 e. The van der Waals surface area contributed by atoms with Crippen LogP contribution in [0.4, 0.5) is 0 Å². The summed E-state index contributed by atoms with van der Waals surface area (Å²) in [4.78, 5) is 11.8. The fraction of sp³-hybridized carbons (Fsp3) is 0.588. The van der Waals surface area contributed by atoms with Gasteiger partial charge in [0.1, 0.15) is 24.2 Å². The molecule has 0 fully saturated rings. The molecule has 1 unspecified atom stereocenters. The maximum absolute atomic E-state index is 11.8. The van der Waals surface area contributed by atoms with Gasteiger partial charge in [-0.15, -0.1) is 0 Å². The molecule has 0 aliphatic carbocycles. The number of carbonyl (C=O) groups is 1. The first-order valence-corrected chi connectivity index (χ1v) is 7.55. The summed E-state index contributed by atoms with van der Waals surface area (Å²) in [5.41, 5.74) is -0.539. The van der Waals surface area contributed by atoms with E-state index in [-0.39, 0.29) is 12.6 Å². The van der Waals surface area contributed by atoms with Crippen molar-refractivity contribution in [2.45, 2.75) is 46.8 Å². The minimum absolute atomic E-state index is 0.209. The van der Waals surface area contributed by atoms with Crippen molar-refractivity contribution in [1.82, 2.24) is 5.32 Å². The molecule has 0 heterocycles. The van der Waals surface area contributed by atoms with Crippen LogP contribution in [0, 0.1) is 5.41 Å². The van der Waals surface area contributed by atoms with Gasteiger partial charge < -0.3 is 19.9 Å². The van der Waals surface area contributed by atoms with Crippen LogP contribution in [0.5, 0.6) is 11.5 Å². The Labute approximate surface area is 132 Å². The van der Waals surface area contributed by atoms with Crippen molar-refractivity contribution in [2.75, 3.05) is 13.2 Å². The topological polar surface area (TPSA) is 67.8 Å². The van der Waals surface area contributed by atoms with Gasteiger partial charge >= 0.3 is 5.97 Å². The Kier molecular flexibility index (Phi) is 6.84. The summed E-state index contributed by atoms with van der Waals surface area (Å²) in [7, 11) is 0. The molecule has 2 N–H and O–H groups in total. The van der Waals surface area contributed by atoms with Crippen LogP contribution in [0.15, 0.2) is 24.3 Å². The third-order valence-electron chi connectivity index (χ3n) is 2.85. The normalized spacial score (nSPS) is 13.0. The highest BCUT2D eigenvalue weighted by molar-refractivity contribution is 5.77. The minimum Gasteiger partial charge on any atom is -0.491 e. The van der Waals surface area contributed by atoms with Gasteiger partial charge in [-0.3, -0.25) is 4.79 Å². The van der Waals surface area contributed by atoms with Gasteiger partial charge in [0.25, 0.3) is 0 Å². The van der Waals surface area contributed by atoms with Crippen molar-refractivity contribution in [3.8, 4) is 11.5 Å². The predicted octanol–water partition coefficient (Wildman–Crippen LogP) is 2.38. The van der Waals surface area contributed by atoms with Crippen LogP contribution in [0.25, 0.3) is 0 Å². The third kappa shape index (κ3) is 6.91. The lowest BCUT2D eigenvalue weighted by Gasteiger charge is -2.17. The molecule has 0 aliphatic rings. The molecule has 0 amide bonds. The molecule has 0 spiro atoms. The molecule has 1 aromatic carbocycles. The number of aliphatic hydroxyl groups excluding tert-OH is 1. The van der Waals surface area contributed by atoms with E-state index >= 15 is 0 Å². The molecule has 22 heavy (non-hydrogen) atoms. The fourth-order valence-electron chi connectivity index (χ4n) is 1.49. The lowest BCUT2D eigenvalue weighted by atomic mass is 9.97. The van der Waals surface area contributed by atoms with Gasteiger partial charge in [0, 0.05) is 12.6 Å². The Morgan fingerprint density at radius 1 is 1.18 bits per heavy atom. The Morgan fingerprint density at radius 3 is 2.23 bits per heavy atom. The molecule has 5 nitrogen and oxygen atoms in total. The van der Waals surface area contributed by atoms with Crippen LogP contribution in [0.1, 0.15) is 34.6 Å². The van der Waals surface area contributed by atoms with Crippen LogP contribution in [-0.2, 0) is 4.79 Å². The summed E-state index contributed by atoms with van der Waals surface area (Å²) in [6.45, 7) is 10.1. The number of ether oxygens (including phenoxy) is 2. The van der Waals surface area contributed by atoms with E-state index in [9.17, 15) is 9.90 Å². The molecule has 0 aromatic heterocycles. The number of nitrogens with one attached hydrogen (secondary N) is 1. The van der Waals surface area contributed by atoms with Crippen LogP contribution < -0.4 is 14.8 Å². The van der Waals surface area contributed by atoms with Crippen molar-refractivity contribution >= 4 is 5.97 Å². The van der Waals surface area contributed by atoms with Crippen molar-refractivity contribution in [2.24, 2.45) is 5.41 Å². The number of benzene rings is 1. The first-order chi connectivity index (χ1) is 10.2. The monoisotopic (exact) mass is 309 g/mol. The van der Waals surface area contributed by atoms with Crippen molar-refractivity contribution in [1.29, 1.82) is 0 Å². The van der Waals surface area contributed by atoms with E-state index in [2.05, 4.69) is 5.32 Å². The van der Waals surface area contributed by atoms with E-state index in [1.54, 1.807) is 45.0 Å². The van der Waals surface area contributed by atoms with Crippen LogP contribution in [0.3, 0.4) is 0 Å². The predicted molar refractivity (Wildman–Crippen MR) is 86.2 cm³/mol. The SMILES string of the molecule is CC(C)NCC(O)COc1ccc(OC(=O)C(C)(C)C)cc1. The summed E-state index contributed by atoms with van der Waals surface area (Å²) in [5.74, 6) is 0.824. The van der Waals surface area contributed by atoms with E-state index in [1.165, 1.54) is 0 Å². The average molecular weight is 309 g/mol. The second kappa shape index (κ2) is 8.15. The van der Waals surface area contributed by atoms with Crippen LogP contribution in [0.2, 0.25) is 0 Å². The van der Waals surface area contributed by atoms with Gasteiger partial charge in [0.05, 0.1) is 5.41 Å². The van der Waals surface area contributed by atoms with Crippen molar-refractivity contribution < 1.29 is 19.4 Å². The molecule has 0 radical (unpaired) electrons. The summed E-state index contributed by atoms with van der Waals surface area (Å²) < 4.78 is 10.8. The quantitative estimate of drug-likeness (QED) is 0.598. The zero-order chi connectivity index (χ0) is 16.8. The van der Waals surface area contributed by atoms with Crippen molar-refractivity contribution in [3.63, 3.8) is 0 Å². The molecule has 124 valence electrons. The number of hydrogen-bond acceptors (Lipinski definition) is 5. The zero-order valence-electron chi connectivity index (χ0n) is 14.1. The lowest BCUT2D eigenvalue weighted by Crippen LogP contribution is -2.35. The van der Waals surface area contributed by atoms with Crippen LogP contribution >= 0.6 is 0 Å². The molecule has 1 atom stereocenters. The van der Waals surface area contributed by atoms with Gasteiger partial charge in [0.15, 0.2) is 0 Å². The molecular formula is C17H27NO4. The van der Waals surface area contributed by atoms with Gasteiger partial charge in [0.2, 0.25) is 0 Å². The van der Waals surface area contributed by atoms with Crippen molar-refractivity contribution in [3.05, 3.63) is 24.3 Å². The summed E-state index contributed by atoms with van der Waals surface area (Å²) >= 11 is 0. The lowest BCUT2D eigenvalue weighted by molar-refractivity contribution is -0.143. The third-order valence-corrected chi connectivity index (χ3v) is 2.85. The standard InChI is InChI=1S/C17H27NO4/c1-12(2)18-10-13(19)11-21-14-6-8-15(9-7-14)22-16(20)17(3,4)5/h6-9,12-13,18-19H,10-11H2,1-5H3. The molecule has 1 aromatic rings. The molecule has 1 rings (SSSR count). The molecule has 5 heteroatoms. The first-order valence-electron chi connectivity index (χ1n) is 7.55. The molecular weight excluding hydrogens is 282 g/mol. The molecule has 0 aliphatic heterocycles. The molecule has 0 bridgehead atoms. The maximum atomic E-state index is 11.8. The van der Waals surface area contributed by atoms with E-state index in [0.717, 1.165) is 0 Å². The number of aliphatic hydroxyl groups is 1. The smallest absolute Gasteiger partial charge is 0.316 e. The number of carbonyl (C=O) groups excluding carboxylic acids is 1. The van der Waals surface area contributed by atoms with Crippen LogP contribution in [-0.4, -0.2) is 36.4 Å². The van der Waals surface area contributed by atoms with Gasteiger partial charge in [-0.25, -0.2) is 0 Å². The fourth-order valence-corrected chi connectivity index (χ4v) is 1.49. The minimum atomic E-state index is -0.569. The average Bonchev–Trinajstić information content (AvgIpc) is 2.43. The summed E-state index contributed by atoms with van der Waals surface area (Å²) in [6.07, 6.45) is -0.569. The van der Waals surface area contributed by atoms with Gasteiger partial charge in [-0.05, 0) is 45.0 Å². The Balaban J connectivity index is 2.43. The Morgan fingerprint density at radius 2 is 1.73 bits per heavy atom. The summed E-state index contributed by atoms with van der Waals surface area (Å²) in [6, 6.07) is 7.11. The number of hydrogen-bond donors (Lipinski definition) is 2. The highest BCUT2D eigenvalue weighted by atomic mass is 16.5. The van der Waals surface area contributed by atoms with E-state index in [1.807, 2.05) is 13.8 Å². The van der Waals surface area contributed by atoms with E-state index in [4.69, 9.17) is 9.47 Å². The Hall–Kier alpha value is -1.59. The van der Waals surface area contributed by atoms with Gasteiger partial charge in [-0.1, -0.05) is 13.8 Å². The summed E-state index contributed by atoms with van der Waals surface area (Å²) in [5, 5.41) is 12.9. The highest BCUT2D eigenvalue weighted by Crippen LogP contribution is 2.22. The zero-order valence-corrected chi connectivity index (χ0v) is 14.1. The number of esters is 1. The first kappa shape index (κ1) is 18.5. The Bertz CT molecular complexity index is 463. The second-order valence-electron chi connectivity index (χ2n) is 6.64. The van der Waals surface area contributed by atoms with Gasteiger partial charge in [-0.2, -0.15) is 0 Å².